The van der Waals surface area contributed by atoms with Crippen LogP contribution in [0.3, 0.4) is 0 Å². The summed E-state index contributed by atoms with van der Waals surface area (Å²) in [6.07, 6.45) is 2.21. The van der Waals surface area contributed by atoms with Crippen molar-refractivity contribution in [3.63, 3.8) is 0 Å². The van der Waals surface area contributed by atoms with Gasteiger partial charge in [0, 0.05) is 26.2 Å². The summed E-state index contributed by atoms with van der Waals surface area (Å²) in [6.45, 7) is 6.64. The summed E-state index contributed by atoms with van der Waals surface area (Å²) >= 11 is 0. The molecule has 0 spiro atoms. The first-order valence-corrected chi connectivity index (χ1v) is 5.08. The van der Waals surface area contributed by atoms with E-state index < -0.39 is 0 Å². The van der Waals surface area contributed by atoms with Gasteiger partial charge in [-0.1, -0.05) is 6.92 Å². The Hall–Kier alpha value is -0.770. The maximum Gasteiger partial charge on any atom is 0.317 e. The summed E-state index contributed by atoms with van der Waals surface area (Å²) in [5.41, 5.74) is 0. The smallest absolute Gasteiger partial charge is 0.317 e. The van der Waals surface area contributed by atoms with Crippen molar-refractivity contribution >= 4 is 6.03 Å². The molecular formula is C9H19N3O. The number of urea groups is 1. The Morgan fingerprint density at radius 2 is 2.38 bits per heavy atom. The Morgan fingerprint density at radius 3 is 3.08 bits per heavy atom. The Labute approximate surface area is 79.7 Å². The van der Waals surface area contributed by atoms with E-state index in [1.54, 1.807) is 0 Å². The maximum absolute atomic E-state index is 11.2. The molecule has 0 unspecified atom stereocenters. The van der Waals surface area contributed by atoms with Crippen LogP contribution in [0.15, 0.2) is 0 Å². The van der Waals surface area contributed by atoms with Crippen LogP contribution in [-0.2, 0) is 0 Å². The third-order valence-corrected chi connectivity index (χ3v) is 2.15. The van der Waals surface area contributed by atoms with E-state index in [0.717, 1.165) is 45.6 Å². The minimum Gasteiger partial charge on any atom is -0.338 e. The molecule has 1 saturated heterocycles. The lowest BCUT2D eigenvalue weighted by molar-refractivity contribution is 0.186. The molecule has 76 valence electrons. The molecule has 0 radical (unpaired) electrons. The second kappa shape index (κ2) is 5.80. The quantitative estimate of drug-likeness (QED) is 0.609. The predicted octanol–water partition coefficient (Wildman–Crippen LogP) is 0.401. The molecule has 13 heavy (non-hydrogen) atoms. The van der Waals surface area contributed by atoms with Gasteiger partial charge in [0.05, 0.1) is 0 Å². The maximum atomic E-state index is 11.2. The van der Waals surface area contributed by atoms with Crippen LogP contribution in [-0.4, -0.2) is 43.7 Å². The molecule has 2 amide bonds. The zero-order valence-electron chi connectivity index (χ0n) is 8.31. The van der Waals surface area contributed by atoms with Crippen molar-refractivity contribution < 1.29 is 4.79 Å². The third kappa shape index (κ3) is 3.63. The SMILES string of the molecule is CCCNCCN1CCCNC1=O. The Kier molecular flexibility index (Phi) is 4.60. The fourth-order valence-corrected chi connectivity index (χ4v) is 1.41. The number of hydrogen-bond donors (Lipinski definition) is 2. The summed E-state index contributed by atoms with van der Waals surface area (Å²) in [5, 5.41) is 6.11. The number of amides is 2. The minimum absolute atomic E-state index is 0.0875. The first-order valence-electron chi connectivity index (χ1n) is 5.08. The van der Waals surface area contributed by atoms with Crippen molar-refractivity contribution in [3.05, 3.63) is 0 Å². The molecule has 0 aromatic rings. The van der Waals surface area contributed by atoms with Crippen molar-refractivity contribution in [1.82, 2.24) is 15.5 Å². The Bertz CT molecular complexity index is 161. The van der Waals surface area contributed by atoms with Gasteiger partial charge in [0.15, 0.2) is 0 Å². The van der Waals surface area contributed by atoms with Crippen LogP contribution in [0.1, 0.15) is 19.8 Å². The second-order valence-corrected chi connectivity index (χ2v) is 3.32. The van der Waals surface area contributed by atoms with Gasteiger partial charge in [0.1, 0.15) is 0 Å². The summed E-state index contributed by atoms with van der Waals surface area (Å²) in [5.74, 6) is 0. The summed E-state index contributed by atoms with van der Waals surface area (Å²) < 4.78 is 0. The van der Waals surface area contributed by atoms with E-state index in [1.807, 2.05) is 4.90 Å². The zero-order chi connectivity index (χ0) is 9.52. The van der Waals surface area contributed by atoms with Gasteiger partial charge in [0.2, 0.25) is 0 Å². The Morgan fingerprint density at radius 1 is 1.54 bits per heavy atom. The molecule has 0 bridgehead atoms. The van der Waals surface area contributed by atoms with E-state index in [4.69, 9.17) is 0 Å². The van der Waals surface area contributed by atoms with Gasteiger partial charge in [0.25, 0.3) is 0 Å². The second-order valence-electron chi connectivity index (χ2n) is 3.32. The van der Waals surface area contributed by atoms with Crippen molar-refractivity contribution in [2.75, 3.05) is 32.7 Å². The van der Waals surface area contributed by atoms with Gasteiger partial charge in [-0.25, -0.2) is 4.79 Å². The fraction of sp³-hybridized carbons (Fsp3) is 0.889. The van der Waals surface area contributed by atoms with Gasteiger partial charge in [-0.2, -0.15) is 0 Å². The fourth-order valence-electron chi connectivity index (χ4n) is 1.41. The molecule has 1 aliphatic heterocycles. The normalized spacial score (nSPS) is 17.3. The molecule has 1 heterocycles. The molecule has 1 rings (SSSR count). The zero-order valence-corrected chi connectivity index (χ0v) is 8.31. The first kappa shape index (κ1) is 10.3. The summed E-state index contributed by atoms with van der Waals surface area (Å²) in [7, 11) is 0. The lowest BCUT2D eigenvalue weighted by Crippen LogP contribution is -2.48. The van der Waals surface area contributed by atoms with E-state index in [2.05, 4.69) is 17.6 Å². The van der Waals surface area contributed by atoms with Crippen LogP contribution in [0.25, 0.3) is 0 Å². The molecule has 1 fully saturated rings. The number of hydrogen-bond acceptors (Lipinski definition) is 2. The number of carbonyl (C=O) groups excluding carboxylic acids is 1. The molecule has 0 aromatic heterocycles. The van der Waals surface area contributed by atoms with E-state index >= 15 is 0 Å². The average Bonchev–Trinajstić information content (AvgIpc) is 2.15. The van der Waals surface area contributed by atoms with Crippen LogP contribution in [0.2, 0.25) is 0 Å². The van der Waals surface area contributed by atoms with Gasteiger partial charge in [-0.3, -0.25) is 0 Å². The molecule has 0 aliphatic carbocycles. The molecule has 4 nitrogen and oxygen atoms in total. The van der Waals surface area contributed by atoms with Crippen LogP contribution >= 0.6 is 0 Å². The van der Waals surface area contributed by atoms with Crippen LogP contribution in [0, 0.1) is 0 Å². The number of carbonyl (C=O) groups is 1. The van der Waals surface area contributed by atoms with Gasteiger partial charge in [-0.05, 0) is 19.4 Å². The van der Waals surface area contributed by atoms with Crippen LogP contribution in [0.5, 0.6) is 0 Å². The number of nitrogens with zero attached hydrogens (tertiary/aromatic N) is 1. The predicted molar refractivity (Wildman–Crippen MR) is 52.7 cm³/mol. The van der Waals surface area contributed by atoms with Crippen LogP contribution in [0.4, 0.5) is 4.79 Å². The average molecular weight is 185 g/mol. The van der Waals surface area contributed by atoms with Crippen molar-refractivity contribution in [1.29, 1.82) is 0 Å². The van der Waals surface area contributed by atoms with Gasteiger partial charge < -0.3 is 15.5 Å². The molecular weight excluding hydrogens is 166 g/mol. The summed E-state index contributed by atoms with van der Waals surface area (Å²) in [6, 6.07) is 0.0875. The highest BCUT2D eigenvalue weighted by molar-refractivity contribution is 5.74. The van der Waals surface area contributed by atoms with E-state index in [9.17, 15) is 4.79 Å². The largest absolute Gasteiger partial charge is 0.338 e. The van der Waals surface area contributed by atoms with Crippen molar-refractivity contribution in [2.24, 2.45) is 0 Å². The molecule has 2 N–H and O–H groups in total. The highest BCUT2D eigenvalue weighted by atomic mass is 16.2. The molecule has 0 saturated carbocycles. The highest BCUT2D eigenvalue weighted by Gasteiger charge is 2.15. The molecule has 1 aliphatic rings. The standard InChI is InChI=1S/C9H19N3O/c1-2-4-10-6-8-12-7-3-5-11-9(12)13/h10H,2-8H2,1H3,(H,11,13). The molecule has 0 aromatic carbocycles. The minimum atomic E-state index is 0.0875. The third-order valence-electron chi connectivity index (χ3n) is 2.15. The first-order chi connectivity index (χ1) is 6.34. The lowest BCUT2D eigenvalue weighted by Gasteiger charge is -2.27. The number of nitrogens with one attached hydrogen (secondary N) is 2. The van der Waals surface area contributed by atoms with Gasteiger partial charge >= 0.3 is 6.03 Å². The van der Waals surface area contributed by atoms with Gasteiger partial charge in [-0.15, -0.1) is 0 Å². The summed E-state index contributed by atoms with van der Waals surface area (Å²) in [4.78, 5) is 13.1. The van der Waals surface area contributed by atoms with E-state index in [0.29, 0.717) is 0 Å². The van der Waals surface area contributed by atoms with Crippen molar-refractivity contribution in [3.8, 4) is 0 Å². The Balaban J connectivity index is 2.08. The molecule has 0 atom stereocenters. The van der Waals surface area contributed by atoms with Crippen molar-refractivity contribution in [2.45, 2.75) is 19.8 Å². The van der Waals surface area contributed by atoms with E-state index in [-0.39, 0.29) is 6.03 Å². The monoisotopic (exact) mass is 185 g/mol. The van der Waals surface area contributed by atoms with Crippen LogP contribution < -0.4 is 10.6 Å². The highest BCUT2D eigenvalue weighted by Crippen LogP contribution is 1.97. The lowest BCUT2D eigenvalue weighted by atomic mass is 10.3. The number of rotatable bonds is 5. The van der Waals surface area contributed by atoms with E-state index in [1.165, 1.54) is 0 Å². The molecule has 4 heteroatoms. The topological polar surface area (TPSA) is 44.4 Å².